The minimum Gasteiger partial charge on any atom is -0.485 e. The van der Waals surface area contributed by atoms with Gasteiger partial charge in [0, 0.05) is 34.1 Å². The summed E-state index contributed by atoms with van der Waals surface area (Å²) in [6, 6.07) is 8.60. The molecule has 0 radical (unpaired) electrons. The molecule has 5 heteroatoms. The van der Waals surface area contributed by atoms with Gasteiger partial charge in [-0.2, -0.15) is 0 Å². The Labute approximate surface area is 123 Å². The largest absolute Gasteiger partial charge is 0.485 e. The minimum atomic E-state index is -0.517. The molecule has 1 heterocycles. The Hall–Kier alpha value is -1.46. The number of hydrogen-bond donors (Lipinski definition) is 1. The average molecular weight is 340 g/mol. The highest BCUT2D eigenvalue weighted by molar-refractivity contribution is 9.10. The van der Waals surface area contributed by atoms with Crippen LogP contribution in [0.3, 0.4) is 0 Å². The van der Waals surface area contributed by atoms with E-state index < -0.39 is 11.9 Å². The zero-order valence-electron chi connectivity index (χ0n) is 10.4. The topological polar surface area (TPSA) is 35.2 Å². The lowest BCUT2D eigenvalue weighted by Gasteiger charge is -2.30. The Morgan fingerprint density at radius 1 is 1.10 bits per heavy atom. The van der Waals surface area contributed by atoms with Gasteiger partial charge < -0.3 is 10.5 Å². The van der Waals surface area contributed by atoms with Crippen LogP contribution in [0, 0.1) is 11.6 Å². The van der Waals surface area contributed by atoms with Crippen molar-refractivity contribution in [3.8, 4) is 5.75 Å². The van der Waals surface area contributed by atoms with Gasteiger partial charge in [-0.05, 0) is 24.3 Å². The zero-order chi connectivity index (χ0) is 14.3. The fraction of sp³-hybridized carbons (Fsp3) is 0.200. The van der Waals surface area contributed by atoms with Crippen LogP contribution < -0.4 is 10.5 Å². The Kier molecular flexibility index (Phi) is 3.48. The zero-order valence-corrected chi connectivity index (χ0v) is 12.0. The lowest BCUT2D eigenvalue weighted by atomic mass is 9.93. The van der Waals surface area contributed by atoms with Gasteiger partial charge in [-0.3, -0.25) is 0 Å². The first-order valence-corrected chi connectivity index (χ1v) is 7.00. The molecule has 2 N–H and O–H groups in total. The van der Waals surface area contributed by atoms with E-state index in [0.29, 0.717) is 17.7 Å². The van der Waals surface area contributed by atoms with E-state index >= 15 is 0 Å². The van der Waals surface area contributed by atoms with E-state index in [0.717, 1.165) is 10.0 Å². The minimum absolute atomic E-state index is 0.303. The van der Waals surface area contributed by atoms with Crippen LogP contribution in [0.4, 0.5) is 8.78 Å². The summed E-state index contributed by atoms with van der Waals surface area (Å²) in [5.41, 5.74) is 7.24. The van der Waals surface area contributed by atoms with Crippen molar-refractivity contribution in [1.29, 1.82) is 0 Å². The molecular weight excluding hydrogens is 328 g/mol. The molecule has 0 aliphatic carbocycles. The Bertz CT molecular complexity index is 662. The number of rotatable bonds is 1. The van der Waals surface area contributed by atoms with Crippen LogP contribution in [0.15, 0.2) is 40.9 Å². The number of ether oxygens (including phenoxy) is 1. The Morgan fingerprint density at radius 3 is 2.70 bits per heavy atom. The van der Waals surface area contributed by atoms with E-state index in [-0.39, 0.29) is 11.9 Å². The molecule has 0 spiro atoms. The van der Waals surface area contributed by atoms with Gasteiger partial charge in [0.05, 0.1) is 0 Å². The summed E-state index contributed by atoms with van der Waals surface area (Å²) in [5.74, 6) is -0.371. The summed E-state index contributed by atoms with van der Waals surface area (Å²) >= 11 is 3.31. The third-order valence-electron chi connectivity index (χ3n) is 3.42. The summed E-state index contributed by atoms with van der Waals surface area (Å²) in [6.45, 7) is 0. The molecule has 0 aromatic heterocycles. The Balaban J connectivity index is 2.00. The smallest absolute Gasteiger partial charge is 0.130 e. The fourth-order valence-electron chi connectivity index (χ4n) is 2.43. The normalized spacial score (nSPS) is 21.2. The van der Waals surface area contributed by atoms with Crippen LogP contribution in [0.5, 0.6) is 5.75 Å². The number of hydrogen-bond acceptors (Lipinski definition) is 2. The van der Waals surface area contributed by atoms with Crippen molar-refractivity contribution in [2.45, 2.75) is 18.6 Å². The predicted molar refractivity (Wildman–Crippen MR) is 75.4 cm³/mol. The third kappa shape index (κ3) is 2.43. The molecule has 2 aromatic carbocycles. The molecule has 2 nitrogen and oxygen atoms in total. The van der Waals surface area contributed by atoms with E-state index in [1.54, 1.807) is 18.2 Å². The van der Waals surface area contributed by atoms with E-state index in [9.17, 15) is 8.78 Å². The van der Waals surface area contributed by atoms with Gasteiger partial charge in [0.1, 0.15) is 23.5 Å². The summed E-state index contributed by atoms with van der Waals surface area (Å²) < 4.78 is 33.7. The molecule has 20 heavy (non-hydrogen) atoms. The fourth-order valence-corrected chi connectivity index (χ4v) is 2.81. The standard InChI is InChI=1S/C15H12BrF2NO/c16-8-1-4-12(18)11(5-8)15-7-13(19)10-3-2-9(17)6-14(10)20-15/h1-6,13,15H,7,19H2. The molecule has 1 aliphatic rings. The molecule has 1 aliphatic heterocycles. The van der Waals surface area contributed by atoms with Crippen molar-refractivity contribution < 1.29 is 13.5 Å². The lowest BCUT2D eigenvalue weighted by molar-refractivity contribution is 0.156. The van der Waals surface area contributed by atoms with Gasteiger partial charge in [-0.15, -0.1) is 0 Å². The summed E-state index contributed by atoms with van der Waals surface area (Å²) in [4.78, 5) is 0. The molecule has 0 saturated carbocycles. The van der Waals surface area contributed by atoms with Crippen LogP contribution in [0.25, 0.3) is 0 Å². The van der Waals surface area contributed by atoms with Gasteiger partial charge in [-0.25, -0.2) is 8.78 Å². The number of benzene rings is 2. The number of halogens is 3. The highest BCUT2D eigenvalue weighted by atomic mass is 79.9. The van der Waals surface area contributed by atoms with Crippen molar-refractivity contribution >= 4 is 15.9 Å². The van der Waals surface area contributed by atoms with Gasteiger partial charge >= 0.3 is 0 Å². The molecule has 3 rings (SSSR count). The van der Waals surface area contributed by atoms with E-state index in [2.05, 4.69) is 15.9 Å². The molecule has 0 saturated heterocycles. The van der Waals surface area contributed by atoms with E-state index in [1.165, 1.54) is 18.2 Å². The van der Waals surface area contributed by atoms with Crippen LogP contribution in [0.1, 0.15) is 29.7 Å². The highest BCUT2D eigenvalue weighted by Gasteiger charge is 2.29. The van der Waals surface area contributed by atoms with Crippen molar-refractivity contribution in [1.82, 2.24) is 0 Å². The second-order valence-electron chi connectivity index (χ2n) is 4.80. The van der Waals surface area contributed by atoms with Gasteiger partial charge in [0.2, 0.25) is 0 Å². The maximum Gasteiger partial charge on any atom is 0.130 e. The summed E-state index contributed by atoms with van der Waals surface area (Å²) in [6.07, 6.45) is -0.0664. The molecule has 2 unspecified atom stereocenters. The highest BCUT2D eigenvalue weighted by Crippen LogP contribution is 2.40. The first kappa shape index (κ1) is 13.5. The average Bonchev–Trinajstić information content (AvgIpc) is 2.41. The van der Waals surface area contributed by atoms with Crippen LogP contribution in [-0.4, -0.2) is 0 Å². The first-order chi connectivity index (χ1) is 9.54. The van der Waals surface area contributed by atoms with Gasteiger partial charge in [0.25, 0.3) is 0 Å². The second kappa shape index (κ2) is 5.14. The molecule has 2 aromatic rings. The summed E-state index contributed by atoms with van der Waals surface area (Å²) in [7, 11) is 0. The van der Waals surface area contributed by atoms with Crippen molar-refractivity contribution in [2.24, 2.45) is 5.73 Å². The van der Waals surface area contributed by atoms with E-state index in [4.69, 9.17) is 10.5 Å². The van der Waals surface area contributed by atoms with Crippen LogP contribution in [0.2, 0.25) is 0 Å². The molecule has 104 valence electrons. The van der Waals surface area contributed by atoms with Crippen molar-refractivity contribution in [2.75, 3.05) is 0 Å². The van der Waals surface area contributed by atoms with Crippen molar-refractivity contribution in [3.63, 3.8) is 0 Å². The molecule has 2 atom stereocenters. The van der Waals surface area contributed by atoms with Gasteiger partial charge in [-0.1, -0.05) is 22.0 Å². The molecule has 0 bridgehead atoms. The maximum absolute atomic E-state index is 13.9. The maximum atomic E-state index is 13.9. The van der Waals surface area contributed by atoms with E-state index in [1.807, 2.05) is 0 Å². The monoisotopic (exact) mass is 339 g/mol. The van der Waals surface area contributed by atoms with Gasteiger partial charge in [0.15, 0.2) is 0 Å². The molecule has 0 amide bonds. The quantitative estimate of drug-likeness (QED) is 0.842. The Morgan fingerprint density at radius 2 is 1.90 bits per heavy atom. The SMILES string of the molecule is NC1CC(c2cc(Br)ccc2F)Oc2cc(F)ccc21. The third-order valence-corrected chi connectivity index (χ3v) is 3.91. The first-order valence-electron chi connectivity index (χ1n) is 6.21. The van der Waals surface area contributed by atoms with Crippen molar-refractivity contribution in [3.05, 3.63) is 63.6 Å². The summed E-state index contributed by atoms with van der Waals surface area (Å²) in [5, 5.41) is 0. The number of fused-ring (bicyclic) bond motifs is 1. The number of nitrogens with two attached hydrogens (primary N) is 1. The lowest BCUT2D eigenvalue weighted by Crippen LogP contribution is -2.24. The molecular formula is C15H12BrF2NO. The second-order valence-corrected chi connectivity index (χ2v) is 5.71. The van der Waals surface area contributed by atoms with Crippen LogP contribution >= 0.6 is 15.9 Å². The predicted octanol–water partition coefficient (Wildman–Crippen LogP) is 4.25. The van der Waals surface area contributed by atoms with Crippen LogP contribution in [-0.2, 0) is 0 Å². The molecule has 0 fully saturated rings.